The Labute approximate surface area is 164 Å². The minimum absolute atomic E-state index is 0.111. The standard InChI is InChI=1S/C18H27ClN2O.C2H6.CH2O/c1-13-18(2,3)12-22-11-17(21-13)16(20)10-6-8-14-7-4-5-9-15(14)19;2*1-2/h4-5,7,9,13,21H,6,8,10-12,20H2,1-3H3;1-2H3;1H2/b17-16-;;. The third kappa shape index (κ3) is 7.79. The summed E-state index contributed by atoms with van der Waals surface area (Å²) in [5, 5.41) is 4.37. The van der Waals surface area contributed by atoms with Crippen molar-refractivity contribution >= 4 is 18.4 Å². The van der Waals surface area contributed by atoms with E-state index < -0.39 is 0 Å². The predicted molar refractivity (Wildman–Crippen MR) is 111 cm³/mol. The van der Waals surface area contributed by atoms with Crippen LogP contribution >= 0.6 is 11.6 Å². The molecule has 1 aliphatic rings. The van der Waals surface area contributed by atoms with E-state index in [9.17, 15) is 0 Å². The fourth-order valence-corrected chi connectivity index (χ4v) is 2.78. The zero-order valence-electron chi connectivity index (χ0n) is 16.9. The molecule has 4 nitrogen and oxygen atoms in total. The van der Waals surface area contributed by atoms with Crippen molar-refractivity contribution in [3.05, 3.63) is 46.2 Å². The topological polar surface area (TPSA) is 64.4 Å². The molecule has 1 aliphatic heterocycles. The van der Waals surface area contributed by atoms with Crippen molar-refractivity contribution in [2.75, 3.05) is 13.2 Å². The lowest BCUT2D eigenvalue weighted by atomic mass is 9.86. The highest BCUT2D eigenvalue weighted by Gasteiger charge is 2.29. The Morgan fingerprint density at radius 2 is 1.96 bits per heavy atom. The molecule has 5 heteroatoms. The van der Waals surface area contributed by atoms with Gasteiger partial charge in [-0.25, -0.2) is 0 Å². The lowest BCUT2D eigenvalue weighted by Crippen LogP contribution is -2.39. The number of halogens is 1. The van der Waals surface area contributed by atoms with Crippen LogP contribution in [0.1, 0.15) is 53.0 Å². The van der Waals surface area contributed by atoms with Gasteiger partial charge in [-0.05, 0) is 37.8 Å². The van der Waals surface area contributed by atoms with Crippen molar-refractivity contribution in [2.24, 2.45) is 11.1 Å². The number of carbonyl (C=O) groups excluding carboxylic acids is 1. The number of benzene rings is 1. The average Bonchev–Trinajstić information content (AvgIpc) is 2.78. The van der Waals surface area contributed by atoms with Gasteiger partial charge in [-0.3, -0.25) is 0 Å². The molecule has 26 heavy (non-hydrogen) atoms. The SMILES string of the molecule is C=O.CC.CC1N/C(=C(\N)CCCc2ccccc2Cl)COCC1(C)C. The van der Waals surface area contributed by atoms with E-state index in [1.54, 1.807) is 0 Å². The number of nitrogens with one attached hydrogen (secondary N) is 1. The fourth-order valence-electron chi connectivity index (χ4n) is 2.55. The number of hydrogen-bond acceptors (Lipinski definition) is 4. The number of nitrogens with two attached hydrogens (primary N) is 1. The average molecular weight is 383 g/mol. The van der Waals surface area contributed by atoms with Gasteiger partial charge in [0.05, 0.1) is 18.9 Å². The maximum Gasteiger partial charge on any atom is 0.106 e. The number of allylic oxidation sites excluding steroid dienone is 1. The molecule has 0 amide bonds. The minimum Gasteiger partial charge on any atom is -0.401 e. The molecule has 148 valence electrons. The van der Waals surface area contributed by atoms with Crippen molar-refractivity contribution < 1.29 is 9.53 Å². The van der Waals surface area contributed by atoms with Crippen LogP contribution in [0.4, 0.5) is 0 Å². The van der Waals surface area contributed by atoms with Crippen LogP contribution in [-0.2, 0) is 16.0 Å². The summed E-state index contributed by atoms with van der Waals surface area (Å²) in [6, 6.07) is 8.32. The van der Waals surface area contributed by atoms with Crippen molar-refractivity contribution in [3.63, 3.8) is 0 Å². The molecule has 1 heterocycles. The molecule has 1 atom stereocenters. The van der Waals surface area contributed by atoms with Gasteiger partial charge in [0.2, 0.25) is 0 Å². The van der Waals surface area contributed by atoms with Crippen molar-refractivity contribution in [1.29, 1.82) is 0 Å². The first-order valence-electron chi connectivity index (χ1n) is 9.24. The largest absolute Gasteiger partial charge is 0.401 e. The first-order valence-corrected chi connectivity index (χ1v) is 9.62. The second-order valence-electron chi connectivity index (χ2n) is 6.80. The summed E-state index contributed by atoms with van der Waals surface area (Å²) >= 11 is 6.18. The molecule has 0 saturated carbocycles. The normalized spacial score (nSPS) is 20.3. The highest BCUT2D eigenvalue weighted by Crippen LogP contribution is 2.25. The van der Waals surface area contributed by atoms with Crippen LogP contribution in [0.5, 0.6) is 0 Å². The third-order valence-corrected chi connectivity index (χ3v) is 4.89. The van der Waals surface area contributed by atoms with Crippen LogP contribution in [0.25, 0.3) is 0 Å². The smallest absolute Gasteiger partial charge is 0.106 e. The van der Waals surface area contributed by atoms with Crippen molar-refractivity contribution in [2.45, 2.75) is 59.9 Å². The van der Waals surface area contributed by atoms with E-state index in [2.05, 4.69) is 32.2 Å². The van der Waals surface area contributed by atoms with Crippen LogP contribution in [0.2, 0.25) is 5.02 Å². The summed E-state index contributed by atoms with van der Waals surface area (Å²) in [4.78, 5) is 8.00. The number of aryl methyl sites for hydroxylation is 1. The maximum absolute atomic E-state index is 8.00. The highest BCUT2D eigenvalue weighted by molar-refractivity contribution is 6.31. The van der Waals surface area contributed by atoms with E-state index in [1.165, 1.54) is 5.56 Å². The van der Waals surface area contributed by atoms with Gasteiger partial charge in [0.15, 0.2) is 0 Å². The molecule has 0 aromatic heterocycles. The molecule has 1 saturated heterocycles. The Morgan fingerprint density at radius 3 is 2.58 bits per heavy atom. The van der Waals surface area contributed by atoms with Gasteiger partial charge in [-0.2, -0.15) is 0 Å². The van der Waals surface area contributed by atoms with Gasteiger partial charge in [0.25, 0.3) is 0 Å². The van der Waals surface area contributed by atoms with Gasteiger partial charge in [0, 0.05) is 22.2 Å². The van der Waals surface area contributed by atoms with Crippen molar-refractivity contribution in [1.82, 2.24) is 5.32 Å². The van der Waals surface area contributed by atoms with E-state index in [4.69, 9.17) is 26.9 Å². The molecular weight excluding hydrogens is 348 g/mol. The lowest BCUT2D eigenvalue weighted by molar-refractivity contribution is -0.0979. The third-order valence-electron chi connectivity index (χ3n) is 4.52. The molecule has 3 N–H and O–H groups in total. The molecule has 1 aromatic rings. The van der Waals surface area contributed by atoms with E-state index in [0.717, 1.165) is 42.3 Å². The van der Waals surface area contributed by atoms with Crippen LogP contribution in [-0.4, -0.2) is 26.0 Å². The lowest BCUT2D eigenvalue weighted by Gasteiger charge is -2.29. The Hall–Kier alpha value is -1.52. The summed E-state index contributed by atoms with van der Waals surface area (Å²) in [5.74, 6) is 0. The molecule has 1 fully saturated rings. The Morgan fingerprint density at radius 1 is 1.35 bits per heavy atom. The molecule has 0 radical (unpaired) electrons. The van der Waals surface area contributed by atoms with E-state index in [0.29, 0.717) is 12.6 Å². The molecule has 0 spiro atoms. The van der Waals surface area contributed by atoms with Gasteiger partial charge >= 0.3 is 0 Å². The van der Waals surface area contributed by atoms with Gasteiger partial charge in [-0.1, -0.05) is 57.5 Å². The summed E-state index contributed by atoms with van der Waals surface area (Å²) in [7, 11) is 0. The molecule has 1 unspecified atom stereocenters. The fraction of sp³-hybridized carbons (Fsp3) is 0.571. The maximum atomic E-state index is 8.00. The van der Waals surface area contributed by atoms with Crippen LogP contribution in [0.3, 0.4) is 0 Å². The van der Waals surface area contributed by atoms with Crippen LogP contribution in [0, 0.1) is 5.41 Å². The number of rotatable bonds is 4. The Kier molecular flexibility index (Phi) is 12.0. The molecule has 1 aromatic carbocycles. The summed E-state index contributed by atoms with van der Waals surface area (Å²) in [6.45, 7) is 13.9. The highest BCUT2D eigenvalue weighted by atomic mass is 35.5. The molecule has 0 aliphatic carbocycles. The monoisotopic (exact) mass is 382 g/mol. The van der Waals surface area contributed by atoms with E-state index in [-0.39, 0.29) is 5.41 Å². The first kappa shape index (κ1) is 24.5. The zero-order valence-corrected chi connectivity index (χ0v) is 17.7. The predicted octanol–water partition coefficient (Wildman–Crippen LogP) is 4.71. The second-order valence-corrected chi connectivity index (χ2v) is 7.20. The van der Waals surface area contributed by atoms with E-state index >= 15 is 0 Å². The summed E-state index contributed by atoms with van der Waals surface area (Å²) in [6.07, 6.45) is 2.78. The number of carbonyl (C=O) groups is 1. The number of hydrogen-bond donors (Lipinski definition) is 2. The summed E-state index contributed by atoms with van der Waals surface area (Å²) < 4.78 is 5.78. The van der Waals surface area contributed by atoms with Crippen molar-refractivity contribution in [3.8, 4) is 0 Å². The molecule has 0 bridgehead atoms. The van der Waals surface area contributed by atoms with Crippen LogP contribution < -0.4 is 11.1 Å². The Balaban J connectivity index is 0.00000146. The van der Waals surface area contributed by atoms with Gasteiger partial charge in [-0.15, -0.1) is 0 Å². The van der Waals surface area contributed by atoms with Gasteiger partial charge in [0.1, 0.15) is 6.79 Å². The minimum atomic E-state index is 0.111. The molecule has 2 rings (SSSR count). The molecular formula is C21H35ClN2O2. The zero-order chi connectivity index (χ0) is 20.2. The van der Waals surface area contributed by atoms with Crippen LogP contribution in [0.15, 0.2) is 35.7 Å². The first-order chi connectivity index (χ1) is 12.4. The van der Waals surface area contributed by atoms with E-state index in [1.807, 2.05) is 38.8 Å². The summed E-state index contributed by atoms with van der Waals surface area (Å²) in [5.41, 5.74) is 9.51. The quantitative estimate of drug-likeness (QED) is 0.791. The van der Waals surface area contributed by atoms with Gasteiger partial charge < -0.3 is 20.6 Å². The number of ether oxygens (including phenoxy) is 1. The Bertz CT molecular complexity index is 559. The second kappa shape index (κ2) is 12.8.